The predicted molar refractivity (Wildman–Crippen MR) is 132 cm³/mol. The van der Waals surface area contributed by atoms with Crippen LogP contribution < -0.4 is 4.74 Å². The lowest BCUT2D eigenvalue weighted by molar-refractivity contribution is 0.0601. The van der Waals surface area contributed by atoms with Gasteiger partial charge in [0.2, 0.25) is 0 Å². The Hall–Kier alpha value is -2.31. The Labute approximate surface area is 205 Å². The zero-order valence-corrected chi connectivity index (χ0v) is 20.7. The van der Waals surface area contributed by atoms with E-state index < -0.39 is 0 Å². The fourth-order valence-corrected chi connectivity index (χ4v) is 4.75. The van der Waals surface area contributed by atoms with Crippen molar-refractivity contribution in [3.8, 4) is 5.75 Å². The number of rotatable bonds is 6. The lowest BCUT2D eigenvalue weighted by Crippen LogP contribution is -2.45. The van der Waals surface area contributed by atoms with Crippen LogP contribution in [-0.2, 0) is 6.42 Å². The van der Waals surface area contributed by atoms with E-state index in [1.54, 1.807) is 0 Å². The first kappa shape index (κ1) is 23.8. The van der Waals surface area contributed by atoms with Crippen molar-refractivity contribution in [2.24, 2.45) is 5.92 Å². The number of imidazole rings is 1. The molecule has 3 aromatic rings. The molecule has 3 aromatic heterocycles. The number of fused-ring (bicyclic) bond motifs is 1. The largest absolute Gasteiger partial charge is 0.491 e. The van der Waals surface area contributed by atoms with E-state index in [2.05, 4.69) is 4.98 Å². The Kier molecular flexibility index (Phi) is 7.15. The first-order valence-electron chi connectivity index (χ1n) is 11.5. The first-order chi connectivity index (χ1) is 15.5. The zero-order valence-electron chi connectivity index (χ0n) is 19.1. The van der Waals surface area contributed by atoms with Gasteiger partial charge in [-0.1, -0.05) is 17.7 Å². The number of likely N-dealkylation sites (tertiary alicyclic amines) is 1. The van der Waals surface area contributed by atoms with Crippen LogP contribution in [0.4, 0.5) is 0 Å². The average Bonchev–Trinajstić information content (AvgIpc) is 3.57. The Bertz CT molecular complexity index is 1160. The number of aromatic nitrogens is 3. The lowest BCUT2D eigenvalue weighted by Gasteiger charge is -2.35. The highest BCUT2D eigenvalue weighted by molar-refractivity contribution is 6.30. The van der Waals surface area contributed by atoms with Crippen LogP contribution in [0.2, 0.25) is 5.15 Å². The van der Waals surface area contributed by atoms with Crippen LogP contribution in [0.25, 0.3) is 5.65 Å². The summed E-state index contributed by atoms with van der Waals surface area (Å²) in [5, 5.41) is 0.629. The number of halogens is 2. The van der Waals surface area contributed by atoms with Gasteiger partial charge in [0.15, 0.2) is 11.4 Å². The molecule has 1 aliphatic carbocycles. The van der Waals surface area contributed by atoms with Crippen molar-refractivity contribution in [3.05, 3.63) is 58.3 Å². The summed E-state index contributed by atoms with van der Waals surface area (Å²) in [4.78, 5) is 25.0. The summed E-state index contributed by atoms with van der Waals surface area (Å²) >= 11 is 6.68. The highest BCUT2D eigenvalue weighted by Crippen LogP contribution is 2.32. The van der Waals surface area contributed by atoms with E-state index in [0.717, 1.165) is 41.9 Å². The van der Waals surface area contributed by atoms with E-state index in [-0.39, 0.29) is 24.4 Å². The summed E-state index contributed by atoms with van der Waals surface area (Å²) in [6, 6.07) is 7.84. The number of hydrogen-bond acceptors (Lipinski definition) is 4. The monoisotopic (exact) mass is 488 g/mol. The number of carbonyl (C=O) groups is 1. The Morgan fingerprint density at radius 1 is 1.15 bits per heavy atom. The summed E-state index contributed by atoms with van der Waals surface area (Å²) in [6.45, 7) is 5.31. The maximum absolute atomic E-state index is 13.7. The number of carbonyl (C=O) groups excluding carboxylic acids is 1. The van der Waals surface area contributed by atoms with Gasteiger partial charge in [-0.3, -0.25) is 9.20 Å². The molecule has 1 amide bonds. The maximum Gasteiger partial charge on any atom is 0.276 e. The van der Waals surface area contributed by atoms with Gasteiger partial charge in [-0.25, -0.2) is 9.97 Å². The fraction of sp³-hybridized carbons (Fsp3) is 0.480. The molecule has 1 saturated heterocycles. The second-order valence-corrected chi connectivity index (χ2v) is 9.50. The molecular formula is C25H30Cl2N4O2. The third kappa shape index (κ3) is 4.97. The third-order valence-corrected chi connectivity index (χ3v) is 6.94. The second-order valence-electron chi connectivity index (χ2n) is 9.14. The first-order valence-corrected chi connectivity index (χ1v) is 11.9. The Balaban J connectivity index is 0.00000259. The summed E-state index contributed by atoms with van der Waals surface area (Å²) in [5.41, 5.74) is 4.04. The molecule has 0 aromatic carbocycles. The molecule has 1 atom stereocenters. The maximum atomic E-state index is 13.7. The van der Waals surface area contributed by atoms with Crippen LogP contribution >= 0.6 is 24.0 Å². The molecule has 0 bridgehead atoms. The van der Waals surface area contributed by atoms with Gasteiger partial charge in [0, 0.05) is 30.9 Å². The van der Waals surface area contributed by atoms with Gasteiger partial charge in [-0.15, -0.1) is 12.4 Å². The third-order valence-electron chi connectivity index (χ3n) is 6.54. The van der Waals surface area contributed by atoms with Gasteiger partial charge in [-0.2, -0.15) is 0 Å². The zero-order chi connectivity index (χ0) is 22.2. The number of pyridine rings is 2. The predicted octanol–water partition coefficient (Wildman–Crippen LogP) is 5.45. The molecule has 8 heteroatoms. The normalized spacial score (nSPS) is 18.3. The van der Waals surface area contributed by atoms with Crippen molar-refractivity contribution in [1.29, 1.82) is 0 Å². The molecule has 0 radical (unpaired) electrons. The number of piperidine rings is 1. The average molecular weight is 489 g/mol. The molecule has 176 valence electrons. The molecule has 4 heterocycles. The SMILES string of the molecule is Cc1ccc(OCC2CC2)c(C(=O)N2CCCC[C@H]2Cc2nc3c(C)cccn3c2Cl)n1.Cl. The van der Waals surface area contributed by atoms with Crippen LogP contribution in [0, 0.1) is 19.8 Å². The van der Waals surface area contributed by atoms with E-state index in [0.29, 0.717) is 42.1 Å². The molecule has 33 heavy (non-hydrogen) atoms. The fourth-order valence-electron chi connectivity index (χ4n) is 4.50. The van der Waals surface area contributed by atoms with Crippen LogP contribution in [0.1, 0.15) is 59.5 Å². The van der Waals surface area contributed by atoms with Crippen molar-refractivity contribution in [3.63, 3.8) is 0 Å². The molecule has 1 saturated carbocycles. The number of amides is 1. The van der Waals surface area contributed by atoms with Gasteiger partial charge in [0.05, 0.1) is 12.3 Å². The van der Waals surface area contributed by atoms with Gasteiger partial charge < -0.3 is 9.64 Å². The van der Waals surface area contributed by atoms with Gasteiger partial charge in [0.1, 0.15) is 10.8 Å². The van der Waals surface area contributed by atoms with Crippen LogP contribution in [0.5, 0.6) is 5.75 Å². The summed E-state index contributed by atoms with van der Waals surface area (Å²) in [6.07, 6.45) is 7.99. The second kappa shape index (κ2) is 9.90. The van der Waals surface area contributed by atoms with E-state index in [9.17, 15) is 4.79 Å². The molecule has 2 aliphatic rings. The highest BCUT2D eigenvalue weighted by Gasteiger charge is 2.32. The van der Waals surface area contributed by atoms with Crippen LogP contribution in [0.15, 0.2) is 30.5 Å². The van der Waals surface area contributed by atoms with E-state index in [1.165, 1.54) is 12.8 Å². The molecule has 2 fully saturated rings. The summed E-state index contributed by atoms with van der Waals surface area (Å²) in [5.74, 6) is 1.15. The Morgan fingerprint density at radius 2 is 1.97 bits per heavy atom. The molecule has 5 rings (SSSR count). The summed E-state index contributed by atoms with van der Waals surface area (Å²) < 4.78 is 7.93. The van der Waals surface area contributed by atoms with Crippen LogP contribution in [-0.4, -0.2) is 44.4 Å². The van der Waals surface area contributed by atoms with Crippen molar-refractivity contribution in [1.82, 2.24) is 19.3 Å². The number of ether oxygens (including phenoxy) is 1. The number of aryl methyl sites for hydroxylation is 2. The molecular weight excluding hydrogens is 459 g/mol. The van der Waals surface area contributed by atoms with Crippen molar-refractivity contribution in [2.45, 2.75) is 58.4 Å². The molecule has 0 unspecified atom stereocenters. The minimum absolute atomic E-state index is 0. The topological polar surface area (TPSA) is 59.7 Å². The van der Waals surface area contributed by atoms with Crippen LogP contribution in [0.3, 0.4) is 0 Å². The van der Waals surface area contributed by atoms with E-state index in [4.69, 9.17) is 21.3 Å². The smallest absolute Gasteiger partial charge is 0.276 e. The lowest BCUT2D eigenvalue weighted by atomic mass is 9.97. The van der Waals surface area contributed by atoms with Crippen molar-refractivity contribution >= 4 is 35.6 Å². The molecule has 0 spiro atoms. The number of hydrogen-bond donors (Lipinski definition) is 0. The molecule has 1 aliphatic heterocycles. The quantitative estimate of drug-likeness (QED) is 0.462. The van der Waals surface area contributed by atoms with Gasteiger partial charge in [0.25, 0.3) is 5.91 Å². The highest BCUT2D eigenvalue weighted by atomic mass is 35.5. The van der Waals surface area contributed by atoms with Gasteiger partial charge >= 0.3 is 0 Å². The molecule has 0 N–H and O–H groups in total. The van der Waals surface area contributed by atoms with E-state index >= 15 is 0 Å². The van der Waals surface area contributed by atoms with Crippen molar-refractivity contribution < 1.29 is 9.53 Å². The number of nitrogens with zero attached hydrogens (tertiary/aromatic N) is 4. The molecule has 6 nitrogen and oxygen atoms in total. The van der Waals surface area contributed by atoms with Gasteiger partial charge in [-0.05, 0) is 75.6 Å². The van der Waals surface area contributed by atoms with E-state index in [1.807, 2.05) is 53.6 Å². The van der Waals surface area contributed by atoms with Crippen molar-refractivity contribution in [2.75, 3.05) is 13.2 Å². The standard InChI is InChI=1S/C25H29ClN4O2.ClH/c1-16-6-5-13-30-23(26)20(28-24(16)30)14-19-7-3-4-12-29(19)25(31)22-21(11-8-17(2)27-22)32-15-18-9-10-18;/h5-6,8,11,13,18-19H,3-4,7,9-10,12,14-15H2,1-2H3;1H/t19-;/m0./s1. The minimum atomic E-state index is -0.0553. The summed E-state index contributed by atoms with van der Waals surface area (Å²) in [7, 11) is 0. The minimum Gasteiger partial charge on any atom is -0.491 e. The Morgan fingerprint density at radius 3 is 2.73 bits per heavy atom.